The van der Waals surface area contributed by atoms with Gasteiger partial charge in [0.2, 0.25) is 6.41 Å². The lowest BCUT2D eigenvalue weighted by molar-refractivity contribution is -0.121. The van der Waals surface area contributed by atoms with E-state index in [1.807, 2.05) is 26.0 Å². The highest BCUT2D eigenvalue weighted by atomic mass is 19.1. The van der Waals surface area contributed by atoms with Gasteiger partial charge < -0.3 is 9.88 Å². The Hall–Kier alpha value is -2.96. The van der Waals surface area contributed by atoms with Crippen molar-refractivity contribution in [3.05, 3.63) is 63.1 Å². The van der Waals surface area contributed by atoms with Crippen LogP contribution in [0.5, 0.6) is 0 Å². The maximum Gasteiger partial charge on any atom is 0.329 e. The van der Waals surface area contributed by atoms with Crippen molar-refractivity contribution < 1.29 is 9.18 Å². The molecule has 1 N–H and O–H groups in total. The van der Waals surface area contributed by atoms with Crippen molar-refractivity contribution in [1.82, 2.24) is 14.5 Å². The number of carbonyl (C=O) groups is 1. The van der Waals surface area contributed by atoms with E-state index in [2.05, 4.69) is 4.98 Å². The van der Waals surface area contributed by atoms with E-state index in [0.717, 1.165) is 29.0 Å². The van der Waals surface area contributed by atoms with E-state index in [4.69, 9.17) is 4.99 Å². The van der Waals surface area contributed by atoms with Crippen molar-refractivity contribution in [3.8, 4) is 0 Å². The van der Waals surface area contributed by atoms with Gasteiger partial charge in [0.05, 0.1) is 6.04 Å². The summed E-state index contributed by atoms with van der Waals surface area (Å²) in [6, 6.07) is 3.55. The van der Waals surface area contributed by atoms with Crippen LogP contribution in [-0.2, 0) is 4.79 Å². The fourth-order valence-corrected chi connectivity index (χ4v) is 4.94. The lowest BCUT2D eigenvalue weighted by atomic mass is 9.82. The number of benzene rings is 1. The van der Waals surface area contributed by atoms with E-state index in [1.54, 1.807) is 35.7 Å². The second-order valence-electron chi connectivity index (χ2n) is 8.35. The number of piperidine rings is 1. The number of halogens is 1. The molecule has 30 heavy (non-hydrogen) atoms. The molecule has 4 rings (SSSR count). The first-order valence-electron chi connectivity index (χ1n) is 10.4. The van der Waals surface area contributed by atoms with Crippen LogP contribution in [0, 0.1) is 19.7 Å². The highest BCUT2D eigenvalue weighted by molar-refractivity contribution is 6.08. The molecule has 158 valence electrons. The molecule has 0 aliphatic carbocycles. The maximum absolute atomic E-state index is 14.3. The number of imidazole rings is 1. The summed E-state index contributed by atoms with van der Waals surface area (Å²) in [6.07, 6.45) is 5.56. The first-order valence-corrected chi connectivity index (χ1v) is 10.4. The van der Waals surface area contributed by atoms with Crippen molar-refractivity contribution in [3.63, 3.8) is 0 Å². The van der Waals surface area contributed by atoms with E-state index in [1.165, 1.54) is 0 Å². The summed E-state index contributed by atoms with van der Waals surface area (Å²) in [6.45, 7) is 8.14. The summed E-state index contributed by atoms with van der Waals surface area (Å²) < 4.78 is 16.0. The van der Waals surface area contributed by atoms with E-state index < -0.39 is 0 Å². The Balaban J connectivity index is 2.00. The van der Waals surface area contributed by atoms with Crippen LogP contribution < -0.4 is 5.69 Å². The zero-order valence-electron chi connectivity index (χ0n) is 17.8. The smallest absolute Gasteiger partial charge is 0.329 e. The zero-order valence-corrected chi connectivity index (χ0v) is 17.8. The van der Waals surface area contributed by atoms with Gasteiger partial charge in [0, 0.05) is 54.3 Å². The number of hydrogen-bond donors (Lipinski definition) is 1. The molecule has 3 atom stereocenters. The average Bonchev–Trinajstić information content (AvgIpc) is 3.02. The van der Waals surface area contributed by atoms with Crippen LogP contribution in [0.2, 0.25) is 0 Å². The number of amides is 1. The molecule has 0 spiro atoms. The Bertz CT molecular complexity index is 1090. The first-order chi connectivity index (χ1) is 14.3. The van der Waals surface area contributed by atoms with Gasteiger partial charge >= 0.3 is 5.69 Å². The normalized spacial score (nSPS) is 24.4. The van der Waals surface area contributed by atoms with Crippen LogP contribution in [0.25, 0.3) is 5.70 Å². The average molecular weight is 410 g/mol. The van der Waals surface area contributed by atoms with Crippen molar-refractivity contribution in [1.29, 1.82) is 0 Å². The molecule has 1 aromatic heterocycles. The SMILES string of the molecule is Cc1cc([C@@H]2CCN=C3C[C@@H](C)N(C=O)[C@@H](C)C3=C2n2cc[nH]c2=O)cc(C)c1F. The Kier molecular flexibility index (Phi) is 5.22. The van der Waals surface area contributed by atoms with Gasteiger partial charge in [0.15, 0.2) is 0 Å². The number of aromatic amines is 1. The Morgan fingerprint density at radius 3 is 2.53 bits per heavy atom. The minimum atomic E-state index is -0.234. The molecule has 0 bridgehead atoms. The standard InChI is InChI=1S/C23H27FN4O2/c1-13-9-17(10-14(2)21(13)24)18-5-6-25-19-11-15(3)28(12-29)16(4)20(19)22(18)27-8-7-26-23(27)30/h7-10,12,15-16,18H,5-6,11H2,1-4H3,(H,26,30)/t15-,16+,18+/m1/s1. The predicted molar refractivity (Wildman–Crippen MR) is 115 cm³/mol. The molecule has 0 unspecified atom stereocenters. The molecule has 1 amide bonds. The number of likely N-dealkylation sites (tertiary alicyclic amines) is 1. The summed E-state index contributed by atoms with van der Waals surface area (Å²) in [5, 5.41) is 0. The lowest BCUT2D eigenvalue weighted by Crippen LogP contribution is -2.48. The van der Waals surface area contributed by atoms with E-state index in [-0.39, 0.29) is 29.5 Å². The molecular formula is C23H27FN4O2. The van der Waals surface area contributed by atoms with Gasteiger partial charge in [-0.3, -0.25) is 14.4 Å². The third-order valence-electron chi connectivity index (χ3n) is 6.39. The van der Waals surface area contributed by atoms with E-state index >= 15 is 0 Å². The first kappa shape index (κ1) is 20.3. The van der Waals surface area contributed by atoms with Crippen molar-refractivity contribution >= 4 is 17.8 Å². The summed E-state index contributed by atoms with van der Waals surface area (Å²) >= 11 is 0. The molecule has 2 aliphatic heterocycles. The number of aryl methyl sites for hydroxylation is 2. The number of nitrogens with one attached hydrogen (secondary N) is 1. The minimum absolute atomic E-state index is 0.0380. The largest absolute Gasteiger partial charge is 0.335 e. The highest BCUT2D eigenvalue weighted by Crippen LogP contribution is 2.40. The Morgan fingerprint density at radius 2 is 1.93 bits per heavy atom. The number of H-pyrrole nitrogens is 1. The Labute approximate surface area is 175 Å². The molecule has 1 aromatic carbocycles. The van der Waals surface area contributed by atoms with Crippen LogP contribution in [0.15, 0.2) is 39.9 Å². The quantitative estimate of drug-likeness (QED) is 0.788. The fraction of sp³-hybridized carbons (Fsp3) is 0.435. The Morgan fingerprint density at radius 1 is 1.23 bits per heavy atom. The van der Waals surface area contributed by atoms with Crippen LogP contribution in [0.1, 0.15) is 49.3 Å². The maximum atomic E-state index is 14.3. The number of aliphatic imine (C=N–C) groups is 1. The van der Waals surface area contributed by atoms with Gasteiger partial charge in [-0.15, -0.1) is 0 Å². The molecule has 0 saturated carbocycles. The number of fused-ring (bicyclic) bond motifs is 1. The molecule has 6 nitrogen and oxygen atoms in total. The van der Waals surface area contributed by atoms with E-state index in [9.17, 15) is 14.0 Å². The third kappa shape index (κ3) is 3.22. The molecule has 1 saturated heterocycles. The molecule has 7 heteroatoms. The van der Waals surface area contributed by atoms with Gasteiger partial charge in [0.25, 0.3) is 0 Å². The third-order valence-corrected chi connectivity index (χ3v) is 6.39. The molecule has 0 radical (unpaired) electrons. The number of aromatic nitrogens is 2. The summed E-state index contributed by atoms with van der Waals surface area (Å²) in [4.78, 5) is 33.9. The molecule has 3 heterocycles. The topological polar surface area (TPSA) is 70.5 Å². The van der Waals surface area contributed by atoms with E-state index in [0.29, 0.717) is 30.5 Å². The van der Waals surface area contributed by atoms with Gasteiger partial charge in [-0.1, -0.05) is 12.1 Å². The van der Waals surface area contributed by atoms with Gasteiger partial charge in [-0.05, 0) is 50.8 Å². The van der Waals surface area contributed by atoms with Gasteiger partial charge in [0.1, 0.15) is 5.82 Å². The molecule has 1 fully saturated rings. The van der Waals surface area contributed by atoms with Gasteiger partial charge in [-0.2, -0.15) is 0 Å². The number of nitrogens with zero attached hydrogens (tertiary/aromatic N) is 3. The second-order valence-corrected chi connectivity index (χ2v) is 8.35. The minimum Gasteiger partial charge on any atom is -0.335 e. The van der Waals surface area contributed by atoms with Crippen molar-refractivity contribution in [2.45, 2.75) is 58.5 Å². The number of allylic oxidation sites excluding steroid dienone is 1. The molecule has 2 aromatic rings. The van der Waals surface area contributed by atoms with Crippen LogP contribution >= 0.6 is 0 Å². The van der Waals surface area contributed by atoms with Crippen molar-refractivity contribution in [2.24, 2.45) is 4.99 Å². The summed E-state index contributed by atoms with van der Waals surface area (Å²) in [5.41, 5.74) is 4.60. The highest BCUT2D eigenvalue weighted by Gasteiger charge is 2.38. The lowest BCUT2D eigenvalue weighted by Gasteiger charge is -2.40. The number of hydrogen-bond acceptors (Lipinski definition) is 3. The summed E-state index contributed by atoms with van der Waals surface area (Å²) in [7, 11) is 0. The zero-order chi connectivity index (χ0) is 21.6. The molecular weight excluding hydrogens is 383 g/mol. The monoisotopic (exact) mass is 410 g/mol. The molecule has 2 aliphatic rings. The van der Waals surface area contributed by atoms with Crippen LogP contribution in [0.3, 0.4) is 0 Å². The number of carbonyl (C=O) groups excluding carboxylic acids is 1. The summed E-state index contributed by atoms with van der Waals surface area (Å²) in [5.74, 6) is -0.346. The number of rotatable bonds is 3. The second kappa shape index (κ2) is 7.70. The van der Waals surface area contributed by atoms with Crippen LogP contribution in [0.4, 0.5) is 4.39 Å². The van der Waals surface area contributed by atoms with Gasteiger partial charge in [-0.25, -0.2) is 9.18 Å². The predicted octanol–water partition coefficient (Wildman–Crippen LogP) is 3.41. The fourth-order valence-electron chi connectivity index (χ4n) is 4.94. The van der Waals surface area contributed by atoms with Crippen LogP contribution in [-0.4, -0.2) is 45.2 Å². The van der Waals surface area contributed by atoms with Crippen molar-refractivity contribution in [2.75, 3.05) is 6.54 Å².